The molecule has 0 saturated heterocycles. The van der Waals surface area contributed by atoms with Crippen LogP contribution in [-0.2, 0) is 9.59 Å². The van der Waals surface area contributed by atoms with E-state index in [1.54, 1.807) is 27.9 Å². The minimum absolute atomic E-state index is 0.0160. The van der Waals surface area contributed by atoms with E-state index >= 15 is 0 Å². The molecular formula is C13H26N2O3. The van der Waals surface area contributed by atoms with Gasteiger partial charge in [0.25, 0.3) is 0 Å². The van der Waals surface area contributed by atoms with E-state index in [-0.39, 0.29) is 23.5 Å². The molecule has 4 atom stereocenters. The Balaban J connectivity index is 4.31. The Morgan fingerprint density at radius 2 is 1.61 bits per heavy atom. The van der Waals surface area contributed by atoms with Crippen LogP contribution in [0.3, 0.4) is 0 Å². The highest BCUT2D eigenvalue weighted by molar-refractivity contribution is 5.85. The number of carbonyl (C=O) groups excluding carboxylic acids is 2. The van der Waals surface area contributed by atoms with Crippen LogP contribution in [0.1, 0.15) is 33.6 Å². The molecule has 0 heterocycles. The smallest absolute Gasteiger partial charge is 0.152 e. The average Bonchev–Trinajstić information content (AvgIpc) is 2.27. The molecule has 0 bridgehead atoms. The normalized spacial score (nSPS) is 17.9. The first-order valence-corrected chi connectivity index (χ1v) is 6.40. The molecule has 106 valence electrons. The minimum atomic E-state index is -0.703. The number of ketones is 2. The second-order valence-electron chi connectivity index (χ2n) is 4.87. The quantitative estimate of drug-likeness (QED) is 0.547. The number of likely N-dealkylation sites (N-methyl/N-ethyl adjacent to an activating group) is 2. The molecule has 5 nitrogen and oxygen atoms in total. The SMILES string of the molecule is CN[C@@H](C(=O)CCC(C)[C@@H](NC)C(C)=O)C(C)O. The van der Waals surface area contributed by atoms with Gasteiger partial charge in [-0.15, -0.1) is 0 Å². The highest BCUT2D eigenvalue weighted by Crippen LogP contribution is 2.13. The van der Waals surface area contributed by atoms with E-state index in [1.165, 1.54) is 0 Å². The third kappa shape index (κ3) is 5.25. The Morgan fingerprint density at radius 1 is 1.11 bits per heavy atom. The zero-order chi connectivity index (χ0) is 14.3. The van der Waals surface area contributed by atoms with E-state index < -0.39 is 12.1 Å². The van der Waals surface area contributed by atoms with Gasteiger partial charge in [-0.05, 0) is 40.3 Å². The lowest BCUT2D eigenvalue weighted by atomic mass is 9.91. The molecule has 0 aromatic heterocycles. The van der Waals surface area contributed by atoms with Crippen molar-refractivity contribution in [2.75, 3.05) is 14.1 Å². The van der Waals surface area contributed by atoms with Crippen molar-refractivity contribution >= 4 is 11.6 Å². The second kappa shape index (κ2) is 8.34. The first-order valence-electron chi connectivity index (χ1n) is 6.40. The van der Waals surface area contributed by atoms with Crippen LogP contribution in [0.15, 0.2) is 0 Å². The van der Waals surface area contributed by atoms with Crippen molar-refractivity contribution in [3.05, 3.63) is 0 Å². The van der Waals surface area contributed by atoms with Crippen molar-refractivity contribution < 1.29 is 14.7 Å². The van der Waals surface area contributed by atoms with Crippen molar-refractivity contribution in [3.63, 3.8) is 0 Å². The van der Waals surface area contributed by atoms with Crippen molar-refractivity contribution in [1.82, 2.24) is 10.6 Å². The van der Waals surface area contributed by atoms with Crippen LogP contribution < -0.4 is 10.6 Å². The van der Waals surface area contributed by atoms with Gasteiger partial charge >= 0.3 is 0 Å². The molecule has 2 unspecified atom stereocenters. The summed E-state index contributed by atoms with van der Waals surface area (Å²) in [6.07, 6.45) is 0.295. The van der Waals surface area contributed by atoms with Gasteiger partial charge < -0.3 is 15.7 Å². The molecule has 0 aromatic carbocycles. The first kappa shape index (κ1) is 17.2. The van der Waals surface area contributed by atoms with Gasteiger partial charge in [-0.2, -0.15) is 0 Å². The van der Waals surface area contributed by atoms with Crippen LogP contribution in [0.25, 0.3) is 0 Å². The summed E-state index contributed by atoms with van der Waals surface area (Å²) in [5.41, 5.74) is 0. The van der Waals surface area contributed by atoms with E-state index in [2.05, 4.69) is 10.6 Å². The average molecular weight is 258 g/mol. The summed E-state index contributed by atoms with van der Waals surface area (Å²) < 4.78 is 0. The molecule has 0 amide bonds. The largest absolute Gasteiger partial charge is 0.391 e. The van der Waals surface area contributed by atoms with Crippen LogP contribution in [0.4, 0.5) is 0 Å². The maximum absolute atomic E-state index is 11.9. The van der Waals surface area contributed by atoms with Crippen LogP contribution in [0.5, 0.6) is 0 Å². The predicted molar refractivity (Wildman–Crippen MR) is 71.5 cm³/mol. The van der Waals surface area contributed by atoms with Gasteiger partial charge in [0.2, 0.25) is 0 Å². The third-order valence-corrected chi connectivity index (χ3v) is 3.30. The van der Waals surface area contributed by atoms with E-state index in [0.29, 0.717) is 12.8 Å². The highest BCUT2D eigenvalue weighted by atomic mass is 16.3. The topological polar surface area (TPSA) is 78.4 Å². The van der Waals surface area contributed by atoms with E-state index in [4.69, 9.17) is 0 Å². The lowest BCUT2D eigenvalue weighted by Gasteiger charge is -2.22. The molecular weight excluding hydrogens is 232 g/mol. The molecule has 0 aliphatic rings. The van der Waals surface area contributed by atoms with E-state index in [0.717, 1.165) is 0 Å². The molecule has 0 radical (unpaired) electrons. The molecule has 0 aliphatic heterocycles. The first-order chi connectivity index (χ1) is 8.34. The van der Waals surface area contributed by atoms with Crippen LogP contribution in [0.2, 0.25) is 0 Å². The maximum Gasteiger partial charge on any atom is 0.152 e. The fraction of sp³-hybridized carbons (Fsp3) is 0.846. The van der Waals surface area contributed by atoms with E-state index in [9.17, 15) is 14.7 Å². The number of Topliss-reactive ketones (excluding diaryl/α,β-unsaturated/α-hetero) is 2. The molecule has 5 heteroatoms. The van der Waals surface area contributed by atoms with Crippen molar-refractivity contribution in [2.24, 2.45) is 5.92 Å². The predicted octanol–water partition coefficient (Wildman–Crippen LogP) is 0.118. The Labute approximate surface area is 109 Å². The molecule has 0 aliphatic carbocycles. The number of aliphatic hydroxyl groups is 1. The summed E-state index contributed by atoms with van der Waals surface area (Å²) >= 11 is 0. The summed E-state index contributed by atoms with van der Waals surface area (Å²) in [5.74, 6) is 0.166. The monoisotopic (exact) mass is 258 g/mol. The summed E-state index contributed by atoms with van der Waals surface area (Å²) in [7, 11) is 3.40. The van der Waals surface area contributed by atoms with Gasteiger partial charge in [-0.3, -0.25) is 9.59 Å². The molecule has 0 rings (SSSR count). The van der Waals surface area contributed by atoms with Gasteiger partial charge in [-0.25, -0.2) is 0 Å². The fourth-order valence-electron chi connectivity index (χ4n) is 2.25. The Morgan fingerprint density at radius 3 is 1.94 bits per heavy atom. The zero-order valence-electron chi connectivity index (χ0n) is 12.0. The van der Waals surface area contributed by atoms with Crippen molar-refractivity contribution in [1.29, 1.82) is 0 Å². The van der Waals surface area contributed by atoms with Gasteiger partial charge in [0, 0.05) is 6.42 Å². The van der Waals surface area contributed by atoms with Crippen LogP contribution in [-0.4, -0.2) is 49.0 Å². The minimum Gasteiger partial charge on any atom is -0.391 e. The summed E-state index contributed by atoms with van der Waals surface area (Å²) in [6, 6.07) is -0.736. The Hall–Kier alpha value is -0.780. The number of carbonyl (C=O) groups is 2. The van der Waals surface area contributed by atoms with Gasteiger partial charge in [0.1, 0.15) is 5.78 Å². The molecule has 0 fully saturated rings. The molecule has 18 heavy (non-hydrogen) atoms. The molecule has 0 spiro atoms. The number of hydrogen-bond donors (Lipinski definition) is 3. The fourth-order valence-corrected chi connectivity index (χ4v) is 2.25. The van der Waals surface area contributed by atoms with E-state index in [1.807, 2.05) is 6.92 Å². The van der Waals surface area contributed by atoms with Gasteiger partial charge in [0.05, 0.1) is 18.2 Å². The Bertz CT molecular complexity index is 279. The lowest BCUT2D eigenvalue weighted by molar-refractivity contribution is -0.124. The van der Waals surface area contributed by atoms with Crippen LogP contribution in [0, 0.1) is 5.92 Å². The second-order valence-corrected chi connectivity index (χ2v) is 4.87. The van der Waals surface area contributed by atoms with Crippen molar-refractivity contribution in [3.8, 4) is 0 Å². The summed E-state index contributed by atoms with van der Waals surface area (Å²) in [4.78, 5) is 23.2. The van der Waals surface area contributed by atoms with Gasteiger partial charge in [-0.1, -0.05) is 6.92 Å². The molecule has 3 N–H and O–H groups in total. The highest BCUT2D eigenvalue weighted by Gasteiger charge is 2.24. The van der Waals surface area contributed by atoms with Crippen LogP contribution >= 0.6 is 0 Å². The van der Waals surface area contributed by atoms with Crippen molar-refractivity contribution in [2.45, 2.75) is 51.8 Å². The van der Waals surface area contributed by atoms with Gasteiger partial charge in [0.15, 0.2) is 5.78 Å². The number of aliphatic hydroxyl groups excluding tert-OH is 1. The molecule has 0 saturated carbocycles. The number of hydrogen-bond acceptors (Lipinski definition) is 5. The zero-order valence-corrected chi connectivity index (χ0v) is 12.0. The Kier molecular flexibility index (Phi) is 7.98. The number of rotatable bonds is 9. The summed E-state index contributed by atoms with van der Waals surface area (Å²) in [5, 5.41) is 15.2. The standard InChI is InChI=1S/C13H26N2O3/c1-8(12(14-4)9(2)16)6-7-11(18)13(15-5)10(3)17/h8,10,12-15,17H,6-7H2,1-5H3/t8?,10?,12-,13-/m1/s1. The maximum atomic E-state index is 11.9. The summed E-state index contributed by atoms with van der Waals surface area (Å²) in [6.45, 7) is 5.09. The number of nitrogens with one attached hydrogen (secondary N) is 2. The molecule has 0 aromatic rings. The lowest BCUT2D eigenvalue weighted by Crippen LogP contribution is -2.43. The third-order valence-electron chi connectivity index (χ3n) is 3.30.